The Bertz CT molecular complexity index is 415. The van der Waals surface area contributed by atoms with Gasteiger partial charge in [0.05, 0.1) is 19.9 Å². The smallest absolute Gasteiger partial charge is 0.142 e. The van der Waals surface area contributed by atoms with Crippen molar-refractivity contribution in [1.82, 2.24) is 0 Å². The summed E-state index contributed by atoms with van der Waals surface area (Å²) in [7, 11) is 3.37. The molecule has 4 nitrogen and oxygen atoms in total. The topological polar surface area (TPSA) is 56.5 Å². The molecule has 100 valence electrons. The lowest BCUT2D eigenvalue weighted by Gasteiger charge is -2.32. The fourth-order valence-corrected chi connectivity index (χ4v) is 2.40. The van der Waals surface area contributed by atoms with Crippen LogP contribution in [0, 0.1) is 12.8 Å². The van der Waals surface area contributed by atoms with Gasteiger partial charge in [-0.1, -0.05) is 0 Å². The Kier molecular flexibility index (Phi) is 3.97. The van der Waals surface area contributed by atoms with Crippen LogP contribution in [0.4, 0.5) is 5.69 Å². The number of aryl methyl sites for hydroxylation is 1. The number of nitrogens with one attached hydrogen (secondary N) is 1. The van der Waals surface area contributed by atoms with E-state index in [9.17, 15) is 0 Å². The second kappa shape index (κ2) is 5.48. The third-order valence-electron chi connectivity index (χ3n) is 3.57. The van der Waals surface area contributed by atoms with E-state index < -0.39 is 0 Å². The first-order valence-corrected chi connectivity index (χ1v) is 6.36. The van der Waals surface area contributed by atoms with E-state index in [0.29, 0.717) is 12.0 Å². The Balaban J connectivity index is 2.05. The molecular formula is C14H22N2O2. The van der Waals surface area contributed by atoms with Gasteiger partial charge in [-0.3, -0.25) is 0 Å². The number of rotatable bonds is 5. The van der Waals surface area contributed by atoms with Crippen molar-refractivity contribution < 1.29 is 9.47 Å². The van der Waals surface area contributed by atoms with Crippen molar-refractivity contribution in [3.63, 3.8) is 0 Å². The number of nitrogens with two attached hydrogens (primary N) is 1. The standard InChI is InChI=1S/C14H22N2O2/c1-9-4-14(18-3)12(7-13(9)17-2)16-8-10-5-11(15)6-10/h4,7,10-11,16H,5-6,8,15H2,1-3H3. The number of benzene rings is 1. The molecule has 0 atom stereocenters. The van der Waals surface area contributed by atoms with Crippen LogP contribution in [0.1, 0.15) is 18.4 Å². The van der Waals surface area contributed by atoms with Gasteiger partial charge in [-0.2, -0.15) is 0 Å². The van der Waals surface area contributed by atoms with E-state index in [1.54, 1.807) is 14.2 Å². The SMILES string of the molecule is COc1cc(NCC2CC(N)C2)c(OC)cc1C. The van der Waals surface area contributed by atoms with Crippen molar-refractivity contribution >= 4 is 5.69 Å². The second-order valence-electron chi connectivity index (χ2n) is 5.00. The van der Waals surface area contributed by atoms with E-state index in [2.05, 4.69) is 5.32 Å². The van der Waals surface area contributed by atoms with Gasteiger partial charge in [-0.25, -0.2) is 0 Å². The number of methoxy groups -OCH3 is 2. The predicted octanol–water partition coefficient (Wildman–Crippen LogP) is 2.16. The third-order valence-corrected chi connectivity index (χ3v) is 3.57. The summed E-state index contributed by atoms with van der Waals surface area (Å²) in [6.45, 7) is 2.95. The molecule has 4 heteroatoms. The van der Waals surface area contributed by atoms with Crippen LogP contribution in [0.15, 0.2) is 12.1 Å². The fourth-order valence-electron chi connectivity index (χ4n) is 2.40. The molecule has 0 aliphatic heterocycles. The Hall–Kier alpha value is -1.42. The summed E-state index contributed by atoms with van der Waals surface area (Å²) in [6.07, 6.45) is 2.22. The van der Waals surface area contributed by atoms with Gasteiger partial charge in [0.15, 0.2) is 0 Å². The lowest BCUT2D eigenvalue weighted by Crippen LogP contribution is -2.39. The lowest BCUT2D eigenvalue weighted by atomic mass is 9.81. The molecule has 0 spiro atoms. The van der Waals surface area contributed by atoms with Gasteiger partial charge < -0.3 is 20.5 Å². The monoisotopic (exact) mass is 250 g/mol. The van der Waals surface area contributed by atoms with Gasteiger partial charge in [0.1, 0.15) is 11.5 Å². The number of anilines is 1. The Labute approximate surface area is 108 Å². The summed E-state index contributed by atoms with van der Waals surface area (Å²) in [5, 5.41) is 3.43. The van der Waals surface area contributed by atoms with Crippen molar-refractivity contribution in [2.75, 3.05) is 26.1 Å². The molecule has 0 saturated heterocycles. The normalized spacial score (nSPS) is 22.2. The highest BCUT2D eigenvalue weighted by Crippen LogP contribution is 2.33. The summed E-state index contributed by atoms with van der Waals surface area (Å²) in [5.41, 5.74) is 7.85. The summed E-state index contributed by atoms with van der Waals surface area (Å²) in [4.78, 5) is 0. The van der Waals surface area contributed by atoms with E-state index in [-0.39, 0.29) is 0 Å². The molecule has 0 radical (unpaired) electrons. The average molecular weight is 250 g/mol. The zero-order valence-electron chi connectivity index (χ0n) is 11.3. The Morgan fingerprint density at radius 3 is 2.44 bits per heavy atom. The van der Waals surface area contributed by atoms with Crippen LogP contribution in [-0.4, -0.2) is 26.8 Å². The quantitative estimate of drug-likeness (QED) is 0.841. The Morgan fingerprint density at radius 1 is 1.22 bits per heavy atom. The van der Waals surface area contributed by atoms with Gasteiger partial charge >= 0.3 is 0 Å². The van der Waals surface area contributed by atoms with E-state index in [1.807, 2.05) is 19.1 Å². The third kappa shape index (κ3) is 2.70. The van der Waals surface area contributed by atoms with Crippen molar-refractivity contribution in [3.05, 3.63) is 17.7 Å². The van der Waals surface area contributed by atoms with E-state index in [4.69, 9.17) is 15.2 Å². The second-order valence-corrected chi connectivity index (χ2v) is 5.00. The van der Waals surface area contributed by atoms with Crippen molar-refractivity contribution in [2.24, 2.45) is 11.7 Å². The minimum Gasteiger partial charge on any atom is -0.496 e. The molecule has 0 heterocycles. The first-order valence-electron chi connectivity index (χ1n) is 6.36. The molecule has 1 aromatic carbocycles. The van der Waals surface area contributed by atoms with E-state index in [1.165, 1.54) is 0 Å². The zero-order chi connectivity index (χ0) is 13.1. The van der Waals surface area contributed by atoms with Crippen LogP contribution < -0.4 is 20.5 Å². The van der Waals surface area contributed by atoms with Crippen molar-refractivity contribution in [2.45, 2.75) is 25.8 Å². The summed E-state index contributed by atoms with van der Waals surface area (Å²) in [5.74, 6) is 2.41. The maximum Gasteiger partial charge on any atom is 0.142 e. The van der Waals surface area contributed by atoms with Gasteiger partial charge in [0.25, 0.3) is 0 Å². The molecule has 0 unspecified atom stereocenters. The largest absolute Gasteiger partial charge is 0.496 e. The first kappa shape index (κ1) is 13.0. The van der Waals surface area contributed by atoms with E-state index in [0.717, 1.165) is 42.1 Å². The average Bonchev–Trinajstić information content (AvgIpc) is 2.33. The summed E-state index contributed by atoms with van der Waals surface area (Å²) < 4.78 is 10.7. The molecule has 3 N–H and O–H groups in total. The van der Waals surface area contributed by atoms with Crippen LogP contribution in [0.2, 0.25) is 0 Å². The van der Waals surface area contributed by atoms with E-state index >= 15 is 0 Å². The van der Waals surface area contributed by atoms with Crippen LogP contribution in [-0.2, 0) is 0 Å². The fraction of sp³-hybridized carbons (Fsp3) is 0.571. The highest BCUT2D eigenvalue weighted by atomic mass is 16.5. The first-order chi connectivity index (χ1) is 8.63. The van der Waals surface area contributed by atoms with Crippen LogP contribution >= 0.6 is 0 Å². The predicted molar refractivity (Wildman–Crippen MR) is 73.5 cm³/mol. The minimum atomic E-state index is 0.395. The number of hydrogen-bond donors (Lipinski definition) is 2. The van der Waals surface area contributed by atoms with Gasteiger partial charge in [0.2, 0.25) is 0 Å². The molecule has 1 aliphatic rings. The van der Waals surface area contributed by atoms with Crippen LogP contribution in [0.5, 0.6) is 11.5 Å². The maximum absolute atomic E-state index is 5.79. The molecule has 0 bridgehead atoms. The highest BCUT2D eigenvalue weighted by molar-refractivity contribution is 5.62. The van der Waals surface area contributed by atoms with Gasteiger partial charge in [-0.15, -0.1) is 0 Å². The van der Waals surface area contributed by atoms with Crippen molar-refractivity contribution in [1.29, 1.82) is 0 Å². The molecule has 0 amide bonds. The van der Waals surface area contributed by atoms with Crippen LogP contribution in [0.3, 0.4) is 0 Å². The molecule has 1 saturated carbocycles. The molecule has 1 fully saturated rings. The molecule has 1 aliphatic carbocycles. The molecular weight excluding hydrogens is 228 g/mol. The van der Waals surface area contributed by atoms with Crippen LogP contribution in [0.25, 0.3) is 0 Å². The Morgan fingerprint density at radius 2 is 1.89 bits per heavy atom. The maximum atomic E-state index is 5.79. The lowest BCUT2D eigenvalue weighted by molar-refractivity contribution is 0.279. The molecule has 18 heavy (non-hydrogen) atoms. The molecule has 2 rings (SSSR count). The van der Waals surface area contributed by atoms with Gasteiger partial charge in [0, 0.05) is 18.7 Å². The number of ether oxygens (including phenoxy) is 2. The number of hydrogen-bond acceptors (Lipinski definition) is 4. The van der Waals surface area contributed by atoms with Crippen molar-refractivity contribution in [3.8, 4) is 11.5 Å². The molecule has 1 aromatic rings. The molecule has 0 aromatic heterocycles. The zero-order valence-corrected chi connectivity index (χ0v) is 11.3. The van der Waals surface area contributed by atoms with Gasteiger partial charge in [-0.05, 0) is 37.3 Å². The summed E-state index contributed by atoms with van der Waals surface area (Å²) in [6, 6.07) is 4.38. The minimum absolute atomic E-state index is 0.395. The highest BCUT2D eigenvalue weighted by Gasteiger charge is 2.25. The summed E-state index contributed by atoms with van der Waals surface area (Å²) >= 11 is 0.